The van der Waals surface area contributed by atoms with Gasteiger partial charge in [0.05, 0.1) is 6.67 Å². The van der Waals surface area contributed by atoms with E-state index in [0.717, 1.165) is 12.1 Å². The fourth-order valence-electron chi connectivity index (χ4n) is 1.99. The van der Waals surface area contributed by atoms with E-state index in [-0.39, 0.29) is 12.5 Å². The van der Waals surface area contributed by atoms with Gasteiger partial charge in [0, 0.05) is 5.69 Å². The Morgan fingerprint density at radius 1 is 1.47 bits per heavy atom. The number of ether oxygens (including phenoxy) is 1. The third kappa shape index (κ3) is 2.58. The zero-order valence-corrected chi connectivity index (χ0v) is 10.3. The Hall–Kier alpha value is -1.55. The molecule has 0 saturated carbocycles. The molecule has 4 heteroatoms. The van der Waals surface area contributed by atoms with Crippen LogP contribution in [-0.2, 0) is 16.0 Å². The van der Waals surface area contributed by atoms with Crippen molar-refractivity contribution < 1.29 is 9.53 Å². The van der Waals surface area contributed by atoms with E-state index in [9.17, 15) is 4.79 Å². The zero-order valence-electron chi connectivity index (χ0n) is 10.3. The summed E-state index contributed by atoms with van der Waals surface area (Å²) < 4.78 is 5.08. The van der Waals surface area contributed by atoms with Gasteiger partial charge in [0.15, 0.2) is 0 Å². The lowest BCUT2D eigenvalue weighted by Gasteiger charge is -2.19. The average molecular weight is 234 g/mol. The van der Waals surface area contributed by atoms with Crippen molar-refractivity contribution in [2.24, 2.45) is 0 Å². The van der Waals surface area contributed by atoms with Crippen molar-refractivity contribution in [2.75, 3.05) is 25.3 Å². The van der Waals surface area contributed by atoms with Crippen LogP contribution in [0.15, 0.2) is 18.2 Å². The highest BCUT2D eigenvalue weighted by Gasteiger charge is 2.20. The first-order valence-corrected chi connectivity index (χ1v) is 5.90. The Balaban J connectivity index is 2.05. The normalized spacial score (nSPS) is 15.4. The zero-order chi connectivity index (χ0) is 12.3. The first-order chi connectivity index (χ1) is 8.22. The largest absolute Gasteiger partial charge is 0.367 e. The highest BCUT2D eigenvalue weighted by Crippen LogP contribution is 2.21. The molecule has 1 fully saturated rings. The molecule has 17 heavy (non-hydrogen) atoms. The van der Waals surface area contributed by atoms with Crippen molar-refractivity contribution in [2.45, 2.75) is 20.3 Å². The maximum absolute atomic E-state index is 11.4. The van der Waals surface area contributed by atoms with Crippen molar-refractivity contribution in [1.29, 1.82) is 0 Å². The minimum Gasteiger partial charge on any atom is -0.367 e. The first-order valence-electron chi connectivity index (χ1n) is 5.90. The fraction of sp³-hybridized carbons (Fsp3) is 0.462. The van der Waals surface area contributed by atoms with E-state index in [1.165, 1.54) is 11.1 Å². The van der Waals surface area contributed by atoms with Gasteiger partial charge < -0.3 is 10.1 Å². The molecule has 1 aromatic rings. The van der Waals surface area contributed by atoms with Crippen molar-refractivity contribution in [3.05, 3.63) is 29.3 Å². The minimum absolute atomic E-state index is 0.0455. The topological polar surface area (TPSA) is 41.6 Å². The predicted octanol–water partition coefficient (Wildman–Crippen LogP) is 1.74. The Kier molecular flexibility index (Phi) is 3.64. The molecule has 0 aliphatic carbocycles. The van der Waals surface area contributed by atoms with E-state index in [0.29, 0.717) is 13.4 Å². The summed E-state index contributed by atoms with van der Waals surface area (Å²) in [6.45, 7) is 5.31. The lowest BCUT2D eigenvalue weighted by Crippen LogP contribution is -2.31. The summed E-state index contributed by atoms with van der Waals surface area (Å²) in [5.74, 6) is 0.0455. The third-order valence-corrected chi connectivity index (χ3v) is 3.01. The van der Waals surface area contributed by atoms with Gasteiger partial charge in [0.2, 0.25) is 0 Å². The van der Waals surface area contributed by atoms with Gasteiger partial charge in [-0.15, -0.1) is 0 Å². The Morgan fingerprint density at radius 3 is 2.94 bits per heavy atom. The number of hydrogen-bond acceptors (Lipinski definition) is 3. The van der Waals surface area contributed by atoms with Crippen molar-refractivity contribution in [3.8, 4) is 0 Å². The summed E-state index contributed by atoms with van der Waals surface area (Å²) in [6.07, 6.45) is 0.981. The summed E-state index contributed by atoms with van der Waals surface area (Å²) in [6, 6.07) is 6.24. The molecular weight excluding hydrogens is 216 g/mol. The van der Waals surface area contributed by atoms with E-state index >= 15 is 0 Å². The van der Waals surface area contributed by atoms with Gasteiger partial charge in [-0.25, -0.2) is 0 Å². The molecular formula is C13H18N2O2. The molecule has 1 aromatic carbocycles. The van der Waals surface area contributed by atoms with Gasteiger partial charge in [0.1, 0.15) is 13.3 Å². The number of rotatable bonds is 4. The number of nitrogens with zero attached hydrogens (tertiary/aromatic N) is 1. The van der Waals surface area contributed by atoms with Crippen LogP contribution in [0.2, 0.25) is 0 Å². The lowest BCUT2D eigenvalue weighted by molar-refractivity contribution is -0.126. The third-order valence-electron chi connectivity index (χ3n) is 3.01. The monoisotopic (exact) mass is 234 g/mol. The molecule has 0 bridgehead atoms. The number of para-hydroxylation sites is 1. The molecule has 1 N–H and O–H groups in total. The lowest BCUT2D eigenvalue weighted by atomic mass is 10.1. The minimum atomic E-state index is 0.0455. The van der Waals surface area contributed by atoms with Crippen molar-refractivity contribution in [1.82, 2.24) is 4.90 Å². The summed E-state index contributed by atoms with van der Waals surface area (Å²) in [5.41, 5.74) is 3.61. The number of aryl methyl sites for hydroxylation is 2. The van der Waals surface area contributed by atoms with Gasteiger partial charge in [-0.3, -0.25) is 9.69 Å². The van der Waals surface area contributed by atoms with Gasteiger partial charge >= 0.3 is 0 Å². The summed E-state index contributed by atoms with van der Waals surface area (Å²) in [5, 5.41) is 3.33. The molecule has 1 saturated heterocycles. The number of hydrogen-bond donors (Lipinski definition) is 1. The van der Waals surface area contributed by atoms with Crippen LogP contribution in [0, 0.1) is 6.92 Å². The molecule has 1 amide bonds. The molecule has 0 aromatic heterocycles. The molecule has 4 nitrogen and oxygen atoms in total. The molecule has 0 unspecified atom stereocenters. The molecule has 1 aliphatic heterocycles. The Morgan fingerprint density at radius 2 is 2.29 bits per heavy atom. The standard InChI is InChI=1S/C13H18N2O2/c1-3-11-6-4-5-10(2)13(11)14-8-15-9-17-7-12(15)16/h4-6,14H,3,7-9H2,1-2H3. The highest BCUT2D eigenvalue weighted by atomic mass is 16.5. The van der Waals surface area contributed by atoms with Crippen LogP contribution in [0.4, 0.5) is 5.69 Å². The smallest absolute Gasteiger partial charge is 0.251 e. The molecule has 1 heterocycles. The molecule has 92 valence electrons. The second-order valence-electron chi connectivity index (χ2n) is 4.21. The second kappa shape index (κ2) is 5.19. The van der Waals surface area contributed by atoms with E-state index in [2.05, 4.69) is 37.4 Å². The number of amides is 1. The van der Waals surface area contributed by atoms with E-state index in [1.54, 1.807) is 4.90 Å². The summed E-state index contributed by atoms with van der Waals surface area (Å²) in [7, 11) is 0. The van der Waals surface area contributed by atoms with Crippen LogP contribution in [0.5, 0.6) is 0 Å². The quantitative estimate of drug-likeness (QED) is 0.863. The van der Waals surface area contributed by atoms with Gasteiger partial charge in [0.25, 0.3) is 5.91 Å². The highest BCUT2D eigenvalue weighted by molar-refractivity contribution is 5.79. The van der Waals surface area contributed by atoms with Crippen LogP contribution >= 0.6 is 0 Å². The number of nitrogens with one attached hydrogen (secondary N) is 1. The van der Waals surface area contributed by atoms with Gasteiger partial charge in [-0.1, -0.05) is 25.1 Å². The predicted molar refractivity (Wildman–Crippen MR) is 66.7 cm³/mol. The van der Waals surface area contributed by atoms with E-state index in [1.807, 2.05) is 0 Å². The van der Waals surface area contributed by atoms with Crippen molar-refractivity contribution in [3.63, 3.8) is 0 Å². The van der Waals surface area contributed by atoms with Crippen molar-refractivity contribution >= 4 is 11.6 Å². The Bertz CT molecular complexity index is 418. The summed E-state index contributed by atoms with van der Waals surface area (Å²) >= 11 is 0. The fourth-order valence-corrected chi connectivity index (χ4v) is 1.99. The molecule has 2 rings (SSSR count). The first kappa shape index (κ1) is 11.9. The molecule has 0 atom stereocenters. The SMILES string of the molecule is CCc1cccc(C)c1NCN1COCC1=O. The van der Waals surface area contributed by atoms with Gasteiger partial charge in [-0.2, -0.15) is 0 Å². The van der Waals surface area contributed by atoms with Gasteiger partial charge in [-0.05, 0) is 24.5 Å². The Labute approximate surface area is 102 Å². The van der Waals surface area contributed by atoms with E-state index in [4.69, 9.17) is 4.74 Å². The molecule has 0 spiro atoms. The average Bonchev–Trinajstić information content (AvgIpc) is 2.73. The second-order valence-corrected chi connectivity index (χ2v) is 4.21. The maximum Gasteiger partial charge on any atom is 0.251 e. The number of carbonyl (C=O) groups is 1. The van der Waals surface area contributed by atoms with E-state index < -0.39 is 0 Å². The van der Waals surface area contributed by atoms with Crippen LogP contribution in [0.3, 0.4) is 0 Å². The number of anilines is 1. The maximum atomic E-state index is 11.4. The van der Waals surface area contributed by atoms with Crippen LogP contribution in [-0.4, -0.2) is 30.8 Å². The number of benzene rings is 1. The van der Waals surface area contributed by atoms with Crippen LogP contribution < -0.4 is 5.32 Å². The number of carbonyl (C=O) groups excluding carboxylic acids is 1. The molecule has 1 aliphatic rings. The summed E-state index contributed by atoms with van der Waals surface area (Å²) in [4.78, 5) is 13.1. The van der Waals surface area contributed by atoms with Crippen LogP contribution in [0.1, 0.15) is 18.1 Å². The van der Waals surface area contributed by atoms with Crippen LogP contribution in [0.25, 0.3) is 0 Å². The molecule has 0 radical (unpaired) electrons.